The van der Waals surface area contributed by atoms with Gasteiger partial charge in [-0.15, -0.1) is 0 Å². The van der Waals surface area contributed by atoms with Crippen LogP contribution in [0.3, 0.4) is 0 Å². The Morgan fingerprint density at radius 2 is 2.00 bits per heavy atom. The van der Waals surface area contributed by atoms with Gasteiger partial charge in [-0.25, -0.2) is 4.98 Å². The van der Waals surface area contributed by atoms with Crippen LogP contribution in [0.2, 0.25) is 0 Å². The minimum absolute atomic E-state index is 0.170. The van der Waals surface area contributed by atoms with Crippen molar-refractivity contribution in [2.75, 3.05) is 11.9 Å². The lowest BCUT2D eigenvalue weighted by Crippen LogP contribution is -2.10. The number of aromatic amines is 1. The lowest BCUT2D eigenvalue weighted by atomic mass is 10.2. The van der Waals surface area contributed by atoms with E-state index in [9.17, 15) is 4.79 Å². The van der Waals surface area contributed by atoms with E-state index in [0.717, 1.165) is 11.4 Å². The predicted molar refractivity (Wildman–Crippen MR) is 79.7 cm³/mol. The molecule has 1 aromatic heterocycles. The lowest BCUT2D eigenvalue weighted by Gasteiger charge is -2.10. The summed E-state index contributed by atoms with van der Waals surface area (Å²) in [6, 6.07) is 9.00. The predicted octanol–water partition coefficient (Wildman–Crippen LogP) is 2.86. The van der Waals surface area contributed by atoms with Crippen molar-refractivity contribution in [3.05, 3.63) is 46.4 Å². The van der Waals surface area contributed by atoms with Crippen LogP contribution in [0.25, 0.3) is 0 Å². The maximum atomic E-state index is 11.3. The summed E-state index contributed by atoms with van der Waals surface area (Å²) in [5.41, 5.74) is 1.35. The summed E-state index contributed by atoms with van der Waals surface area (Å²) in [5.74, 6) is 1.76. The van der Waals surface area contributed by atoms with Crippen molar-refractivity contribution >= 4 is 11.6 Å². The highest BCUT2D eigenvalue weighted by Crippen LogP contribution is 2.18. The van der Waals surface area contributed by atoms with Crippen molar-refractivity contribution < 1.29 is 4.74 Å². The minimum atomic E-state index is -0.170. The molecule has 2 aromatic rings. The fourth-order valence-electron chi connectivity index (χ4n) is 1.67. The number of benzene rings is 1. The van der Waals surface area contributed by atoms with Crippen molar-refractivity contribution in [1.29, 1.82) is 0 Å². The maximum Gasteiger partial charge on any atom is 0.252 e. The molecule has 0 radical (unpaired) electrons. The quantitative estimate of drug-likeness (QED) is 0.879. The number of nitrogens with one attached hydrogen (secondary N) is 2. The van der Waals surface area contributed by atoms with E-state index in [0.29, 0.717) is 24.2 Å². The third-order valence-electron chi connectivity index (χ3n) is 2.57. The maximum absolute atomic E-state index is 11.3. The third-order valence-corrected chi connectivity index (χ3v) is 2.57. The first-order chi connectivity index (χ1) is 9.52. The van der Waals surface area contributed by atoms with E-state index in [1.807, 2.05) is 24.3 Å². The van der Waals surface area contributed by atoms with Crippen LogP contribution in [-0.2, 0) is 0 Å². The molecular formula is C15H19N3O2. The number of nitrogens with zero attached hydrogens (tertiary/aromatic N) is 1. The highest BCUT2D eigenvalue weighted by molar-refractivity contribution is 5.54. The molecule has 1 heterocycles. The van der Waals surface area contributed by atoms with Gasteiger partial charge in [0.05, 0.1) is 6.61 Å². The van der Waals surface area contributed by atoms with Gasteiger partial charge >= 0.3 is 0 Å². The summed E-state index contributed by atoms with van der Waals surface area (Å²) in [5, 5.41) is 3.06. The van der Waals surface area contributed by atoms with Gasteiger partial charge in [0.25, 0.3) is 5.56 Å². The number of aryl methyl sites for hydroxylation is 1. The molecule has 1 aromatic carbocycles. The second kappa shape index (κ2) is 6.23. The molecule has 0 bridgehead atoms. The molecule has 2 rings (SSSR count). The summed E-state index contributed by atoms with van der Waals surface area (Å²) in [4.78, 5) is 18.2. The molecule has 0 amide bonds. The average molecular weight is 273 g/mol. The van der Waals surface area contributed by atoms with Gasteiger partial charge < -0.3 is 10.1 Å². The van der Waals surface area contributed by atoms with E-state index in [1.54, 1.807) is 6.92 Å². The van der Waals surface area contributed by atoms with Gasteiger partial charge in [-0.3, -0.25) is 9.78 Å². The summed E-state index contributed by atoms with van der Waals surface area (Å²) in [6.07, 6.45) is 0. The molecule has 0 saturated heterocycles. The molecule has 0 aliphatic carbocycles. The Morgan fingerprint density at radius 1 is 1.30 bits per heavy atom. The van der Waals surface area contributed by atoms with Gasteiger partial charge in [0.2, 0.25) is 5.95 Å². The largest absolute Gasteiger partial charge is 0.493 e. The van der Waals surface area contributed by atoms with Crippen LogP contribution in [-0.4, -0.2) is 16.6 Å². The zero-order valence-electron chi connectivity index (χ0n) is 11.9. The third kappa shape index (κ3) is 4.12. The fraction of sp³-hybridized carbons (Fsp3) is 0.333. The number of hydrogen-bond donors (Lipinski definition) is 2. The van der Waals surface area contributed by atoms with Gasteiger partial charge in [-0.05, 0) is 37.1 Å². The second-order valence-corrected chi connectivity index (χ2v) is 5.09. The second-order valence-electron chi connectivity index (χ2n) is 5.09. The monoisotopic (exact) mass is 273 g/mol. The molecule has 5 heteroatoms. The molecule has 0 spiro atoms. The van der Waals surface area contributed by atoms with E-state index in [4.69, 9.17) is 4.74 Å². The number of ether oxygens (including phenoxy) is 1. The highest BCUT2D eigenvalue weighted by atomic mass is 16.5. The van der Waals surface area contributed by atoms with Crippen LogP contribution in [0, 0.1) is 12.8 Å². The van der Waals surface area contributed by atoms with Gasteiger partial charge in [-0.1, -0.05) is 13.8 Å². The first kappa shape index (κ1) is 14.1. The zero-order valence-corrected chi connectivity index (χ0v) is 11.9. The van der Waals surface area contributed by atoms with Crippen LogP contribution in [0.15, 0.2) is 35.1 Å². The fourth-order valence-corrected chi connectivity index (χ4v) is 1.67. The van der Waals surface area contributed by atoms with Crippen molar-refractivity contribution in [2.45, 2.75) is 20.8 Å². The van der Waals surface area contributed by atoms with Crippen LogP contribution in [0.5, 0.6) is 5.75 Å². The Kier molecular flexibility index (Phi) is 4.40. The lowest BCUT2D eigenvalue weighted by molar-refractivity contribution is 0.271. The summed E-state index contributed by atoms with van der Waals surface area (Å²) in [7, 11) is 0. The molecule has 0 fully saturated rings. The molecule has 0 aliphatic heterocycles. The zero-order chi connectivity index (χ0) is 14.5. The van der Waals surface area contributed by atoms with Crippen molar-refractivity contribution in [3.8, 4) is 5.75 Å². The van der Waals surface area contributed by atoms with E-state index >= 15 is 0 Å². The van der Waals surface area contributed by atoms with Crippen LogP contribution < -0.4 is 15.6 Å². The number of hydrogen-bond acceptors (Lipinski definition) is 4. The Balaban J connectivity index is 2.05. The Hall–Kier alpha value is -2.30. The number of anilines is 2. The summed E-state index contributed by atoms with van der Waals surface area (Å²) in [6.45, 7) is 6.69. The van der Waals surface area contributed by atoms with Crippen LogP contribution >= 0.6 is 0 Å². The van der Waals surface area contributed by atoms with Gasteiger partial charge in [0.1, 0.15) is 5.75 Å². The Labute approximate surface area is 118 Å². The molecule has 0 atom stereocenters. The van der Waals surface area contributed by atoms with E-state index in [1.165, 1.54) is 6.07 Å². The Morgan fingerprint density at radius 3 is 2.60 bits per heavy atom. The van der Waals surface area contributed by atoms with E-state index in [-0.39, 0.29) is 5.56 Å². The van der Waals surface area contributed by atoms with E-state index < -0.39 is 0 Å². The van der Waals surface area contributed by atoms with Crippen LogP contribution in [0.4, 0.5) is 11.6 Å². The number of H-pyrrole nitrogens is 1. The first-order valence-electron chi connectivity index (χ1n) is 6.61. The molecular weight excluding hydrogens is 254 g/mol. The van der Waals surface area contributed by atoms with Crippen molar-refractivity contribution in [2.24, 2.45) is 5.92 Å². The van der Waals surface area contributed by atoms with Crippen molar-refractivity contribution in [3.63, 3.8) is 0 Å². The Bertz CT molecular complexity index is 618. The molecule has 0 unspecified atom stereocenters. The van der Waals surface area contributed by atoms with Gasteiger partial charge in [0.15, 0.2) is 0 Å². The van der Waals surface area contributed by atoms with E-state index in [2.05, 4.69) is 29.1 Å². The average Bonchev–Trinajstić information content (AvgIpc) is 2.36. The molecule has 20 heavy (non-hydrogen) atoms. The normalized spacial score (nSPS) is 10.6. The number of aromatic nitrogens is 2. The van der Waals surface area contributed by atoms with Crippen LogP contribution in [0.1, 0.15) is 19.5 Å². The molecule has 5 nitrogen and oxygen atoms in total. The van der Waals surface area contributed by atoms with Gasteiger partial charge in [0, 0.05) is 17.4 Å². The molecule has 0 aliphatic rings. The highest BCUT2D eigenvalue weighted by Gasteiger charge is 2.01. The first-order valence-corrected chi connectivity index (χ1v) is 6.61. The SMILES string of the molecule is Cc1cc(=O)[nH]c(Nc2ccc(OCC(C)C)cc2)n1. The molecule has 0 saturated carbocycles. The summed E-state index contributed by atoms with van der Waals surface area (Å²) < 4.78 is 5.61. The standard InChI is InChI=1S/C15H19N3O2/c1-10(2)9-20-13-6-4-12(5-7-13)17-15-16-11(3)8-14(19)18-15/h4-8,10H,9H2,1-3H3,(H2,16,17,18,19). The summed E-state index contributed by atoms with van der Waals surface area (Å²) >= 11 is 0. The van der Waals surface area contributed by atoms with Gasteiger partial charge in [-0.2, -0.15) is 0 Å². The molecule has 106 valence electrons. The topological polar surface area (TPSA) is 67.0 Å². The smallest absolute Gasteiger partial charge is 0.252 e. The number of rotatable bonds is 5. The molecule has 2 N–H and O–H groups in total. The van der Waals surface area contributed by atoms with Crippen molar-refractivity contribution in [1.82, 2.24) is 9.97 Å². The minimum Gasteiger partial charge on any atom is -0.493 e.